The third-order valence-electron chi connectivity index (χ3n) is 5.50. The Morgan fingerprint density at radius 1 is 1.03 bits per heavy atom. The Balaban J connectivity index is 1.33. The Hall–Kier alpha value is -3.21. The average Bonchev–Trinajstić information content (AvgIpc) is 2.79. The van der Waals surface area contributed by atoms with Crippen LogP contribution in [0.5, 0.6) is 0 Å². The molecule has 1 amide bonds. The predicted molar refractivity (Wildman–Crippen MR) is 116 cm³/mol. The highest BCUT2D eigenvalue weighted by Crippen LogP contribution is 2.20. The fraction of sp³-hybridized carbons (Fsp3) is 0.292. The van der Waals surface area contributed by atoms with E-state index < -0.39 is 0 Å². The smallest absolute Gasteiger partial charge is 0.255 e. The number of piperidine rings is 1. The van der Waals surface area contributed by atoms with Gasteiger partial charge in [-0.25, -0.2) is 4.98 Å². The molecule has 5 nitrogen and oxygen atoms in total. The lowest BCUT2D eigenvalue weighted by molar-refractivity contribution is 0.0697. The number of aromatic nitrogens is 2. The van der Waals surface area contributed by atoms with E-state index in [1.807, 2.05) is 29.3 Å². The first-order valence-corrected chi connectivity index (χ1v) is 10.2. The second-order valence-corrected chi connectivity index (χ2v) is 7.70. The number of carbonyl (C=O) groups is 1. The molecule has 29 heavy (non-hydrogen) atoms. The summed E-state index contributed by atoms with van der Waals surface area (Å²) in [5.74, 6) is 1.56. The minimum absolute atomic E-state index is 0.0851. The summed E-state index contributed by atoms with van der Waals surface area (Å²) in [6, 6.07) is 16.1. The number of benzene rings is 1. The largest absolute Gasteiger partial charge is 0.366 e. The van der Waals surface area contributed by atoms with Gasteiger partial charge >= 0.3 is 0 Å². The van der Waals surface area contributed by atoms with Crippen molar-refractivity contribution in [2.24, 2.45) is 5.92 Å². The fourth-order valence-electron chi connectivity index (χ4n) is 3.56. The van der Waals surface area contributed by atoms with Gasteiger partial charge in [-0.3, -0.25) is 9.78 Å². The molecule has 0 atom stereocenters. The summed E-state index contributed by atoms with van der Waals surface area (Å²) in [6.07, 6.45) is 7.48. The predicted octanol–water partition coefficient (Wildman–Crippen LogP) is 4.63. The topological polar surface area (TPSA) is 58.1 Å². The van der Waals surface area contributed by atoms with Crippen LogP contribution in [0.4, 0.5) is 5.82 Å². The maximum atomic E-state index is 12.6. The highest BCUT2D eigenvalue weighted by atomic mass is 16.2. The lowest BCUT2D eigenvalue weighted by atomic mass is 9.99. The second kappa shape index (κ2) is 8.86. The Bertz CT molecular complexity index is 931. The summed E-state index contributed by atoms with van der Waals surface area (Å²) in [7, 11) is 0. The van der Waals surface area contributed by atoms with Gasteiger partial charge in [0.25, 0.3) is 5.91 Å². The molecular weight excluding hydrogens is 360 g/mol. The van der Waals surface area contributed by atoms with Crippen molar-refractivity contribution < 1.29 is 4.79 Å². The number of rotatable bonds is 5. The summed E-state index contributed by atoms with van der Waals surface area (Å²) in [5.41, 5.74) is 4.08. The van der Waals surface area contributed by atoms with Crippen LogP contribution in [0.2, 0.25) is 0 Å². The van der Waals surface area contributed by atoms with E-state index in [1.54, 1.807) is 12.4 Å². The van der Waals surface area contributed by atoms with Gasteiger partial charge in [0.2, 0.25) is 0 Å². The number of nitrogens with one attached hydrogen (secondary N) is 1. The van der Waals surface area contributed by atoms with Gasteiger partial charge in [0, 0.05) is 38.2 Å². The first-order chi connectivity index (χ1) is 14.2. The fourth-order valence-corrected chi connectivity index (χ4v) is 3.56. The average molecular weight is 386 g/mol. The summed E-state index contributed by atoms with van der Waals surface area (Å²) < 4.78 is 0. The zero-order valence-corrected chi connectivity index (χ0v) is 16.7. The van der Waals surface area contributed by atoms with Crippen molar-refractivity contribution in [3.05, 3.63) is 78.2 Å². The van der Waals surface area contributed by atoms with Crippen LogP contribution in [0.1, 0.15) is 35.7 Å². The van der Waals surface area contributed by atoms with Gasteiger partial charge in [0.1, 0.15) is 5.82 Å². The number of nitrogens with zero attached hydrogens (tertiary/aromatic N) is 3. The number of carbonyl (C=O) groups excluding carboxylic acids is 1. The molecule has 3 aromatic rings. The number of hydrogen-bond acceptors (Lipinski definition) is 4. The van der Waals surface area contributed by atoms with Crippen LogP contribution >= 0.6 is 0 Å². The van der Waals surface area contributed by atoms with Gasteiger partial charge in [-0.2, -0.15) is 0 Å². The molecule has 0 spiro atoms. The molecular formula is C24H26N4O. The molecule has 1 aliphatic heterocycles. The number of pyridine rings is 2. The first-order valence-electron chi connectivity index (χ1n) is 10.2. The molecule has 1 saturated heterocycles. The molecule has 0 aliphatic carbocycles. The molecule has 148 valence electrons. The van der Waals surface area contributed by atoms with E-state index in [1.165, 1.54) is 5.56 Å². The lowest BCUT2D eigenvalue weighted by Gasteiger charge is -2.30. The molecule has 4 rings (SSSR count). The maximum Gasteiger partial charge on any atom is 0.255 e. The number of hydrogen-bond donors (Lipinski definition) is 1. The van der Waals surface area contributed by atoms with E-state index in [0.717, 1.165) is 42.9 Å². The molecule has 0 saturated carbocycles. The third kappa shape index (κ3) is 4.80. The molecule has 3 heterocycles. The van der Waals surface area contributed by atoms with E-state index in [2.05, 4.69) is 52.5 Å². The van der Waals surface area contributed by atoms with Crippen molar-refractivity contribution in [2.45, 2.75) is 26.3 Å². The lowest BCUT2D eigenvalue weighted by Crippen LogP contribution is -2.37. The Morgan fingerprint density at radius 3 is 2.48 bits per heavy atom. The van der Waals surface area contributed by atoms with Crippen molar-refractivity contribution in [1.29, 1.82) is 0 Å². The standard InChI is InChI=1S/C24H26N4O/c1-18-10-13-28(14-11-18)24(29)22-8-9-23(27-17-22)26-15-19-4-6-20(7-5-19)21-3-2-12-25-16-21/h2-9,12,16-18H,10-11,13-15H2,1H3,(H,26,27). The summed E-state index contributed by atoms with van der Waals surface area (Å²) in [5, 5.41) is 3.32. The van der Waals surface area contributed by atoms with E-state index in [-0.39, 0.29) is 5.91 Å². The zero-order valence-electron chi connectivity index (χ0n) is 16.7. The third-order valence-corrected chi connectivity index (χ3v) is 5.50. The molecule has 5 heteroatoms. The van der Waals surface area contributed by atoms with Crippen LogP contribution in [0.25, 0.3) is 11.1 Å². The van der Waals surface area contributed by atoms with Crippen molar-refractivity contribution >= 4 is 11.7 Å². The summed E-state index contributed by atoms with van der Waals surface area (Å²) in [4.78, 5) is 23.1. The highest BCUT2D eigenvalue weighted by Gasteiger charge is 2.21. The number of likely N-dealkylation sites (tertiary alicyclic amines) is 1. The molecule has 1 aromatic carbocycles. The number of anilines is 1. The van der Waals surface area contributed by atoms with Gasteiger partial charge in [-0.1, -0.05) is 37.3 Å². The van der Waals surface area contributed by atoms with Crippen LogP contribution < -0.4 is 5.32 Å². The monoisotopic (exact) mass is 386 g/mol. The minimum atomic E-state index is 0.0851. The van der Waals surface area contributed by atoms with Gasteiger partial charge in [-0.15, -0.1) is 0 Å². The normalized spacial score (nSPS) is 14.6. The molecule has 0 unspecified atom stereocenters. The van der Waals surface area contributed by atoms with Gasteiger partial charge < -0.3 is 10.2 Å². The van der Waals surface area contributed by atoms with Crippen LogP contribution in [-0.2, 0) is 6.54 Å². The van der Waals surface area contributed by atoms with Crippen LogP contribution in [0.15, 0.2) is 67.1 Å². The van der Waals surface area contributed by atoms with Crippen molar-refractivity contribution in [1.82, 2.24) is 14.9 Å². The van der Waals surface area contributed by atoms with Crippen molar-refractivity contribution in [3.63, 3.8) is 0 Å². The van der Waals surface area contributed by atoms with Crippen LogP contribution in [0, 0.1) is 5.92 Å². The highest BCUT2D eigenvalue weighted by molar-refractivity contribution is 5.94. The second-order valence-electron chi connectivity index (χ2n) is 7.70. The quantitative estimate of drug-likeness (QED) is 0.695. The van der Waals surface area contributed by atoms with E-state index in [0.29, 0.717) is 18.0 Å². The SMILES string of the molecule is CC1CCN(C(=O)c2ccc(NCc3ccc(-c4cccnc4)cc3)nc2)CC1. The maximum absolute atomic E-state index is 12.6. The van der Waals surface area contributed by atoms with Crippen LogP contribution in [-0.4, -0.2) is 33.9 Å². The van der Waals surface area contributed by atoms with E-state index >= 15 is 0 Å². The Morgan fingerprint density at radius 2 is 1.83 bits per heavy atom. The molecule has 2 aromatic heterocycles. The molecule has 1 N–H and O–H groups in total. The molecule has 1 aliphatic rings. The zero-order chi connectivity index (χ0) is 20.1. The van der Waals surface area contributed by atoms with Crippen LogP contribution in [0.3, 0.4) is 0 Å². The Labute approximate surface area is 171 Å². The molecule has 1 fully saturated rings. The Kier molecular flexibility index (Phi) is 5.84. The van der Waals surface area contributed by atoms with E-state index in [9.17, 15) is 4.79 Å². The summed E-state index contributed by atoms with van der Waals surface area (Å²) in [6.45, 7) is 4.61. The van der Waals surface area contributed by atoms with Gasteiger partial charge in [-0.05, 0) is 53.6 Å². The summed E-state index contributed by atoms with van der Waals surface area (Å²) >= 11 is 0. The minimum Gasteiger partial charge on any atom is -0.366 e. The van der Waals surface area contributed by atoms with E-state index in [4.69, 9.17) is 0 Å². The van der Waals surface area contributed by atoms with Gasteiger partial charge in [0.15, 0.2) is 0 Å². The van der Waals surface area contributed by atoms with Gasteiger partial charge in [0.05, 0.1) is 5.56 Å². The van der Waals surface area contributed by atoms with Crippen molar-refractivity contribution in [2.75, 3.05) is 18.4 Å². The van der Waals surface area contributed by atoms with Crippen molar-refractivity contribution in [3.8, 4) is 11.1 Å². The first kappa shape index (κ1) is 19.1. The molecule has 0 bridgehead atoms. The number of amides is 1. The molecule has 0 radical (unpaired) electrons.